The van der Waals surface area contributed by atoms with E-state index in [2.05, 4.69) is 15.9 Å². The van der Waals surface area contributed by atoms with Crippen LogP contribution in [-0.4, -0.2) is 19.3 Å². The molecule has 1 aliphatic heterocycles. The van der Waals surface area contributed by atoms with Gasteiger partial charge in [0.25, 0.3) is 0 Å². The van der Waals surface area contributed by atoms with Gasteiger partial charge in [0.15, 0.2) is 0 Å². The minimum absolute atomic E-state index is 0.0748. The lowest BCUT2D eigenvalue weighted by molar-refractivity contribution is -0.175. The van der Waals surface area contributed by atoms with Gasteiger partial charge in [-0.05, 0) is 31.0 Å². The monoisotopic (exact) mass is 332 g/mol. The third-order valence-corrected chi connectivity index (χ3v) is 3.80. The molecule has 6 heteroatoms. The highest BCUT2D eigenvalue weighted by molar-refractivity contribution is 9.10. The van der Waals surface area contributed by atoms with Crippen LogP contribution in [0, 0.1) is 17.2 Å². The number of nitriles is 1. The van der Waals surface area contributed by atoms with E-state index in [0.29, 0.717) is 24.2 Å². The molecule has 0 N–H and O–H groups in total. The molecule has 0 bridgehead atoms. The highest BCUT2D eigenvalue weighted by Gasteiger charge is 2.42. The van der Waals surface area contributed by atoms with Crippen LogP contribution in [0.3, 0.4) is 0 Å². The first kappa shape index (κ1) is 14.2. The van der Waals surface area contributed by atoms with E-state index in [9.17, 15) is 13.2 Å². The van der Waals surface area contributed by atoms with Crippen LogP contribution in [-0.2, 0) is 0 Å². The Kier molecular flexibility index (Phi) is 4.04. The van der Waals surface area contributed by atoms with Crippen molar-refractivity contribution >= 4 is 21.6 Å². The number of nitrogens with zero attached hydrogens (tertiary/aromatic N) is 2. The van der Waals surface area contributed by atoms with E-state index in [1.54, 1.807) is 23.1 Å². The molecule has 0 aliphatic carbocycles. The Bertz CT molecular complexity index is 508. The summed E-state index contributed by atoms with van der Waals surface area (Å²) in [6.07, 6.45) is -3.52. The predicted octanol–water partition coefficient (Wildman–Crippen LogP) is 4.10. The predicted molar refractivity (Wildman–Crippen MR) is 69.8 cm³/mol. The third-order valence-electron chi connectivity index (χ3n) is 3.31. The maximum atomic E-state index is 12.8. The quantitative estimate of drug-likeness (QED) is 0.774. The molecule has 102 valence electrons. The average molecular weight is 333 g/mol. The highest BCUT2D eigenvalue weighted by Crippen LogP contribution is 2.36. The lowest BCUT2D eigenvalue weighted by Crippen LogP contribution is -2.42. The smallest absolute Gasteiger partial charge is 0.370 e. The van der Waals surface area contributed by atoms with Crippen LogP contribution < -0.4 is 4.90 Å². The van der Waals surface area contributed by atoms with Crippen molar-refractivity contribution in [3.05, 3.63) is 28.2 Å². The van der Waals surface area contributed by atoms with Crippen LogP contribution in [0.4, 0.5) is 18.9 Å². The molecule has 1 saturated heterocycles. The van der Waals surface area contributed by atoms with Gasteiger partial charge >= 0.3 is 6.18 Å². The molecule has 0 amide bonds. The van der Waals surface area contributed by atoms with E-state index in [4.69, 9.17) is 5.26 Å². The van der Waals surface area contributed by atoms with Gasteiger partial charge < -0.3 is 4.90 Å². The molecule has 0 spiro atoms. The van der Waals surface area contributed by atoms with Gasteiger partial charge in [-0.2, -0.15) is 18.4 Å². The summed E-state index contributed by atoms with van der Waals surface area (Å²) >= 11 is 3.29. The molecule has 1 heterocycles. The molecular weight excluding hydrogens is 321 g/mol. The molecule has 0 saturated carbocycles. The normalized spacial score (nSPS) is 20.2. The number of piperidine rings is 1. The molecule has 1 atom stereocenters. The molecule has 1 aromatic rings. The number of benzene rings is 1. The number of hydrogen-bond donors (Lipinski definition) is 0. The maximum absolute atomic E-state index is 12.8. The summed E-state index contributed by atoms with van der Waals surface area (Å²) in [5, 5.41) is 9.05. The van der Waals surface area contributed by atoms with Gasteiger partial charge in [0.05, 0.1) is 17.2 Å². The number of anilines is 1. The summed E-state index contributed by atoms with van der Waals surface area (Å²) in [6.45, 7) is 0.479. The Balaban J connectivity index is 2.27. The van der Waals surface area contributed by atoms with Crippen molar-refractivity contribution in [2.45, 2.75) is 19.0 Å². The summed E-state index contributed by atoms with van der Waals surface area (Å²) in [5.74, 6) is -1.31. The first-order valence-corrected chi connectivity index (χ1v) is 6.72. The van der Waals surface area contributed by atoms with Crippen molar-refractivity contribution in [2.75, 3.05) is 18.0 Å². The van der Waals surface area contributed by atoms with Crippen LogP contribution >= 0.6 is 15.9 Å². The molecule has 1 aromatic carbocycles. The van der Waals surface area contributed by atoms with Gasteiger partial charge in [-0.3, -0.25) is 0 Å². The number of rotatable bonds is 1. The third kappa shape index (κ3) is 3.21. The summed E-state index contributed by atoms with van der Waals surface area (Å²) in [7, 11) is 0. The Hall–Kier alpha value is -1.22. The average Bonchev–Trinajstić information content (AvgIpc) is 2.38. The van der Waals surface area contributed by atoms with Crippen molar-refractivity contribution in [1.29, 1.82) is 5.26 Å². The zero-order valence-corrected chi connectivity index (χ0v) is 11.6. The summed E-state index contributed by atoms with van der Waals surface area (Å²) in [4.78, 5) is 1.66. The molecule has 2 rings (SSSR count). The topological polar surface area (TPSA) is 27.0 Å². The molecule has 19 heavy (non-hydrogen) atoms. The van der Waals surface area contributed by atoms with Crippen LogP contribution in [0.1, 0.15) is 18.4 Å². The molecule has 1 fully saturated rings. The Morgan fingerprint density at radius 1 is 1.37 bits per heavy atom. The molecule has 1 unspecified atom stereocenters. The molecule has 0 radical (unpaired) electrons. The molecule has 1 aliphatic rings. The van der Waals surface area contributed by atoms with Gasteiger partial charge in [-0.15, -0.1) is 0 Å². The molecular formula is C13H12BrF3N2. The Morgan fingerprint density at radius 3 is 2.74 bits per heavy atom. The Labute approximate surface area is 117 Å². The van der Waals surface area contributed by atoms with E-state index in [-0.39, 0.29) is 13.0 Å². The number of halogens is 4. The van der Waals surface area contributed by atoms with Crippen molar-refractivity contribution < 1.29 is 13.2 Å². The molecule has 2 nitrogen and oxygen atoms in total. The Morgan fingerprint density at radius 2 is 2.11 bits per heavy atom. The van der Waals surface area contributed by atoms with Gasteiger partial charge in [0, 0.05) is 17.6 Å². The second-order valence-corrected chi connectivity index (χ2v) is 5.52. The van der Waals surface area contributed by atoms with Crippen LogP contribution in [0.5, 0.6) is 0 Å². The van der Waals surface area contributed by atoms with E-state index >= 15 is 0 Å². The standard InChI is InChI=1S/C13H12BrF3N2/c14-11-4-3-9(7-18)12(6-11)19-5-1-2-10(8-19)13(15,16)17/h3-4,6,10H,1-2,5,8H2. The highest BCUT2D eigenvalue weighted by atomic mass is 79.9. The van der Waals surface area contributed by atoms with E-state index in [1.165, 1.54) is 0 Å². The van der Waals surface area contributed by atoms with Gasteiger partial charge in [-0.1, -0.05) is 15.9 Å². The van der Waals surface area contributed by atoms with Crippen molar-refractivity contribution in [2.24, 2.45) is 5.92 Å². The summed E-state index contributed by atoms with van der Waals surface area (Å²) in [5.41, 5.74) is 0.983. The SMILES string of the molecule is N#Cc1ccc(Br)cc1N1CCCC(C(F)(F)F)C1. The zero-order chi connectivity index (χ0) is 14.0. The number of hydrogen-bond acceptors (Lipinski definition) is 2. The van der Waals surface area contributed by atoms with Crippen molar-refractivity contribution in [3.8, 4) is 6.07 Å². The van der Waals surface area contributed by atoms with Gasteiger partial charge in [0.1, 0.15) is 6.07 Å². The lowest BCUT2D eigenvalue weighted by atomic mass is 9.96. The largest absolute Gasteiger partial charge is 0.393 e. The minimum Gasteiger partial charge on any atom is -0.370 e. The van der Waals surface area contributed by atoms with Gasteiger partial charge in [0.2, 0.25) is 0 Å². The fraction of sp³-hybridized carbons (Fsp3) is 0.462. The first-order valence-electron chi connectivity index (χ1n) is 5.93. The second kappa shape index (κ2) is 5.41. The van der Waals surface area contributed by atoms with Crippen LogP contribution in [0.2, 0.25) is 0 Å². The maximum Gasteiger partial charge on any atom is 0.393 e. The van der Waals surface area contributed by atoms with E-state index in [1.807, 2.05) is 6.07 Å². The fourth-order valence-electron chi connectivity index (χ4n) is 2.32. The van der Waals surface area contributed by atoms with Gasteiger partial charge in [-0.25, -0.2) is 0 Å². The van der Waals surface area contributed by atoms with E-state index < -0.39 is 12.1 Å². The summed E-state index contributed by atoms with van der Waals surface area (Å²) < 4.78 is 39.1. The minimum atomic E-state index is -4.17. The zero-order valence-electron chi connectivity index (χ0n) is 10.0. The van der Waals surface area contributed by atoms with Crippen LogP contribution in [0.15, 0.2) is 22.7 Å². The lowest BCUT2D eigenvalue weighted by Gasteiger charge is -2.35. The molecule has 0 aromatic heterocycles. The fourth-order valence-corrected chi connectivity index (χ4v) is 2.67. The van der Waals surface area contributed by atoms with Crippen LogP contribution in [0.25, 0.3) is 0 Å². The second-order valence-electron chi connectivity index (χ2n) is 4.60. The van der Waals surface area contributed by atoms with Crippen molar-refractivity contribution in [1.82, 2.24) is 0 Å². The summed E-state index contributed by atoms with van der Waals surface area (Å²) in [6, 6.07) is 7.07. The van der Waals surface area contributed by atoms with E-state index in [0.717, 1.165) is 4.47 Å². The number of alkyl halides is 3. The van der Waals surface area contributed by atoms with Crippen molar-refractivity contribution in [3.63, 3.8) is 0 Å². The first-order chi connectivity index (χ1) is 8.91.